The lowest BCUT2D eigenvalue weighted by Crippen LogP contribution is -2.42. The highest BCUT2D eigenvalue weighted by atomic mass is 32.2. The molecule has 4 aromatic rings. The summed E-state index contributed by atoms with van der Waals surface area (Å²) in [6.07, 6.45) is 25.5. The van der Waals surface area contributed by atoms with E-state index in [1.54, 1.807) is 52.7 Å². The fraction of sp³-hybridized carbons (Fsp3) is 0.589. The molecular formula is C112H165N7O26S2+4. The minimum atomic E-state index is -4.46. The van der Waals surface area contributed by atoms with Crippen LogP contribution in [0.15, 0.2) is 176 Å². The van der Waals surface area contributed by atoms with E-state index in [4.69, 9.17) is 71.2 Å². The van der Waals surface area contributed by atoms with Gasteiger partial charge in [-0.1, -0.05) is 75.2 Å². The van der Waals surface area contributed by atoms with Gasteiger partial charge >= 0.3 is 11.9 Å². The first-order chi connectivity index (χ1) is 70.0. The number of hydroxylamine groups is 2. The van der Waals surface area contributed by atoms with E-state index >= 15 is 0 Å². The number of benzene rings is 4. The first kappa shape index (κ1) is 120. The SMILES string of the molecule is COCCOCCOCCN1C(=CC=C2CCCC(C=CC3=[N+](CCOCCOCCOC)c4ccc(S(=O)(=O)O)cc4C3(C)C)=C2OCCC[N+](C)(C)CCCC(=O)O)C(C)(C)c2cc(C)ccc21.COCCOCCOCCN1C(=CC=C2CCCC(C=CC3=[N+](CCOCCOCCOC)c4ccc(S(=O)(=O)O)cc4C3(C)C)=C2OCCC[N+](C)(C)CCCC(=O)ON2C(=O)CCC2=O)C(C)(C)c2cc(C)ccc21. The third-order valence-electron chi connectivity index (χ3n) is 28.0. The second kappa shape index (κ2) is 56.7. The molecule has 3 N–H and O–H groups in total. The van der Waals surface area contributed by atoms with Crippen molar-refractivity contribution < 1.29 is 139 Å². The zero-order valence-electron chi connectivity index (χ0n) is 90.3. The lowest BCUT2D eigenvalue weighted by Gasteiger charge is -2.30. The van der Waals surface area contributed by atoms with E-state index in [0.717, 1.165) is 150 Å². The van der Waals surface area contributed by atoms with E-state index in [0.29, 0.717) is 205 Å². The van der Waals surface area contributed by atoms with Gasteiger partial charge in [-0.2, -0.15) is 26.0 Å². The van der Waals surface area contributed by atoms with Crippen LogP contribution in [0.1, 0.15) is 179 Å². The molecule has 1 fully saturated rings. The Morgan fingerprint density at radius 2 is 0.748 bits per heavy atom. The van der Waals surface area contributed by atoms with E-state index in [1.165, 1.54) is 45.8 Å². The van der Waals surface area contributed by atoms with Crippen LogP contribution in [-0.4, -0.2) is 344 Å². The van der Waals surface area contributed by atoms with Gasteiger partial charge < -0.3 is 95.0 Å². The van der Waals surface area contributed by atoms with Crippen molar-refractivity contribution in [3.8, 4) is 0 Å². The van der Waals surface area contributed by atoms with Crippen LogP contribution in [0.2, 0.25) is 0 Å². The number of aliphatic carboxylic acids is 1. The zero-order valence-corrected chi connectivity index (χ0v) is 92.0. The van der Waals surface area contributed by atoms with Crippen molar-refractivity contribution in [2.75, 3.05) is 264 Å². The average molecular weight is 2090 g/mol. The number of methoxy groups -OCH3 is 4. The van der Waals surface area contributed by atoms with E-state index in [2.05, 4.69) is 201 Å². The topological polar surface area (TPSA) is 351 Å². The molecule has 0 bridgehead atoms. The fourth-order valence-corrected chi connectivity index (χ4v) is 20.9. The summed E-state index contributed by atoms with van der Waals surface area (Å²) < 4.78 is 156. The van der Waals surface area contributed by atoms with Crippen LogP contribution in [0, 0.1) is 13.8 Å². The average Bonchev–Trinajstić information content (AvgIpc) is 1.55. The number of quaternary nitrogens is 2. The van der Waals surface area contributed by atoms with Crippen molar-refractivity contribution >= 4 is 78.2 Å². The fourth-order valence-electron chi connectivity index (χ4n) is 19.9. The number of imide groups is 1. The maximum Gasteiger partial charge on any atom is 0.333 e. The number of hydrogen-bond acceptors (Lipinski definition) is 25. The van der Waals surface area contributed by atoms with Crippen LogP contribution in [0.25, 0.3) is 0 Å². The van der Waals surface area contributed by atoms with E-state index in [-0.39, 0.29) is 46.3 Å². The third kappa shape index (κ3) is 34.1. The molecule has 0 aromatic heterocycles. The number of carbonyl (C=O) groups excluding carboxylic acids is 3. The number of nitrogens with zero attached hydrogens (tertiary/aromatic N) is 7. The Morgan fingerprint density at radius 1 is 0.401 bits per heavy atom. The number of carboxylic acids is 1. The van der Waals surface area contributed by atoms with Crippen molar-refractivity contribution in [3.63, 3.8) is 0 Å². The molecule has 7 aliphatic rings. The molecule has 1 saturated heterocycles. The number of ether oxygens (including phenoxy) is 14. The Labute approximate surface area is 872 Å². The number of anilines is 2. The molecule has 5 heterocycles. The van der Waals surface area contributed by atoms with Gasteiger partial charge in [-0.05, 0) is 174 Å². The standard InChI is InChI=1S/C58H83N4O14S.C54H79N3O12S/c1-43-16-20-49-47(41-43)57(2,3)51(59(49)26-31-71-37-39-73-35-33-69-8)22-17-44-13-10-14-45(56(44)75-30-12-29-62(6,7)28-11-15-55(65)76-61-53(63)24-25-54(61)64)18-23-52-58(4,5)48-42-46(77(66,67)68)19-21-50(48)60(52)27-32-72-38-40-74-36-34-70-9;1-41-16-20-47-45(39-41)53(2,3)49(55(47)24-29-65-35-37-67-33-31-63-8)22-17-42-13-10-14-43(52(42)69-28-12-27-57(6,7)26-11-15-51(58)59)18-23-50-54(4,5)46-40-44(70(60,61)62)19-21-48(46)56(50)25-30-66-36-38-68-34-32-64-9/h16-23,41-42H,10-15,24-40H2,1-9H3;16-23,39-40H,10-15,24-38H2,1-9H3/q+1;/p+3. The molecule has 2 amide bonds. The molecule has 5 aliphatic heterocycles. The van der Waals surface area contributed by atoms with Gasteiger partial charge in [0.05, 0.1) is 220 Å². The van der Waals surface area contributed by atoms with E-state index < -0.39 is 54.8 Å². The van der Waals surface area contributed by atoms with Gasteiger partial charge in [-0.3, -0.25) is 23.5 Å². The molecule has 147 heavy (non-hydrogen) atoms. The maximum atomic E-state index is 12.6. The number of carbonyl (C=O) groups is 4. The number of aryl methyl sites for hydroxylation is 2. The van der Waals surface area contributed by atoms with Crippen LogP contribution in [-0.2, 0) is 132 Å². The largest absolute Gasteiger partial charge is 0.493 e. The molecule has 0 radical (unpaired) electrons. The molecule has 0 unspecified atom stereocenters. The highest BCUT2D eigenvalue weighted by Crippen LogP contribution is 2.51. The second-order valence-electron chi connectivity index (χ2n) is 41.5. The molecule has 0 atom stereocenters. The molecule has 4 aromatic carbocycles. The molecule has 812 valence electrons. The van der Waals surface area contributed by atoms with Gasteiger partial charge in [0.2, 0.25) is 11.4 Å². The molecular weight excluding hydrogens is 1920 g/mol. The normalized spacial score (nSPS) is 18.2. The number of amides is 2. The van der Waals surface area contributed by atoms with Gasteiger partial charge in [0.25, 0.3) is 32.1 Å². The molecule has 2 aliphatic carbocycles. The highest BCUT2D eigenvalue weighted by molar-refractivity contribution is 7.86. The van der Waals surface area contributed by atoms with Crippen molar-refractivity contribution in [2.45, 2.75) is 191 Å². The van der Waals surface area contributed by atoms with Crippen molar-refractivity contribution in [1.82, 2.24) is 5.06 Å². The lowest BCUT2D eigenvalue weighted by molar-refractivity contribution is -0.890. The number of allylic oxidation sites excluding steroid dienone is 14. The summed E-state index contributed by atoms with van der Waals surface area (Å²) in [7, 11) is 6.15. The van der Waals surface area contributed by atoms with Gasteiger partial charge in [0.15, 0.2) is 24.5 Å². The van der Waals surface area contributed by atoms with Crippen molar-refractivity contribution in [2.24, 2.45) is 0 Å². The minimum Gasteiger partial charge on any atom is -0.493 e. The van der Waals surface area contributed by atoms with Gasteiger partial charge in [-0.15, -0.1) is 5.06 Å². The Balaban J connectivity index is 0.000000302. The molecule has 33 nitrogen and oxygen atoms in total. The molecule has 0 spiro atoms. The Kier molecular flexibility index (Phi) is 46.1. The smallest absolute Gasteiger partial charge is 0.333 e. The second-order valence-corrected chi connectivity index (χ2v) is 44.3. The Hall–Kier alpha value is -9.32. The predicted octanol–water partition coefficient (Wildman–Crippen LogP) is 15.4. The van der Waals surface area contributed by atoms with Gasteiger partial charge in [0.1, 0.15) is 24.7 Å². The first-order valence-electron chi connectivity index (χ1n) is 51.7. The third-order valence-corrected chi connectivity index (χ3v) is 29.7. The molecule has 35 heteroatoms. The van der Waals surface area contributed by atoms with E-state index in [1.807, 2.05) is 0 Å². The van der Waals surface area contributed by atoms with Gasteiger partial charge in [0, 0.05) is 149 Å². The van der Waals surface area contributed by atoms with Crippen LogP contribution in [0.4, 0.5) is 22.7 Å². The number of carboxylic acid groups (broad SMARTS) is 1. The van der Waals surface area contributed by atoms with Gasteiger partial charge in [-0.25, -0.2) is 4.79 Å². The summed E-state index contributed by atoms with van der Waals surface area (Å²) in [4.78, 5) is 57.3. The molecule has 0 saturated carbocycles. The van der Waals surface area contributed by atoms with E-state index in [9.17, 15) is 50.2 Å². The first-order valence-corrected chi connectivity index (χ1v) is 54.6. The summed E-state index contributed by atoms with van der Waals surface area (Å²) >= 11 is 0. The highest BCUT2D eigenvalue weighted by Gasteiger charge is 2.49. The number of fused-ring (bicyclic) bond motifs is 4. The summed E-state index contributed by atoms with van der Waals surface area (Å²) in [5, 5.41) is 9.83. The summed E-state index contributed by atoms with van der Waals surface area (Å²) in [5.74, 6) is -0.692. The van der Waals surface area contributed by atoms with Crippen LogP contribution in [0.3, 0.4) is 0 Å². The lowest BCUT2D eigenvalue weighted by atomic mass is 9.81. The zero-order chi connectivity index (χ0) is 107. The van der Waals surface area contributed by atoms with Crippen LogP contribution >= 0.6 is 0 Å². The predicted molar refractivity (Wildman–Crippen MR) is 566 cm³/mol. The maximum absolute atomic E-state index is 12.6. The van der Waals surface area contributed by atoms with Crippen molar-refractivity contribution in [3.05, 3.63) is 200 Å². The van der Waals surface area contributed by atoms with Crippen molar-refractivity contribution in [1.29, 1.82) is 0 Å². The monoisotopic (exact) mass is 2090 g/mol. The molecule has 11 rings (SSSR count). The number of hydrogen-bond donors (Lipinski definition) is 3. The number of rotatable bonds is 63. The summed E-state index contributed by atoms with van der Waals surface area (Å²) in [6.45, 7) is 37.4. The Bertz CT molecular complexity index is 5690. The quantitative estimate of drug-likeness (QED) is 0.0121. The van der Waals surface area contributed by atoms with Crippen LogP contribution < -0.4 is 9.80 Å². The summed E-state index contributed by atoms with van der Waals surface area (Å²) in [5.41, 5.74) is 17.1. The Morgan fingerprint density at radius 3 is 1.11 bits per heavy atom. The van der Waals surface area contributed by atoms with Crippen LogP contribution in [0.5, 0.6) is 0 Å². The summed E-state index contributed by atoms with van der Waals surface area (Å²) in [6, 6.07) is 22.8. The minimum absolute atomic E-state index is 0.0493.